The SMILES string of the molecule is CC[C@H](CC[C@@H](C)[C@H]1CC[C@H]2[C@@H]3CC=C4C[C@@H](OC(=O)CCC(=O)N(CCCCCCCC(C)NC(=O)OC(C)(C)C)CCC(C)NC(=O)OC(C)(C)C)CC[C@]4(C)[C@H]3CC[C@]12C)C(C)C. The predicted octanol–water partition coefficient (Wildman–Crippen LogP) is 13.7. The number of fused-ring (bicyclic) bond motifs is 5. The van der Waals surface area contributed by atoms with Gasteiger partial charge in [-0.2, -0.15) is 0 Å². The van der Waals surface area contributed by atoms with E-state index in [1.54, 1.807) is 0 Å². The van der Waals surface area contributed by atoms with Crippen LogP contribution in [0.25, 0.3) is 0 Å². The minimum Gasteiger partial charge on any atom is -0.462 e. The quantitative estimate of drug-likeness (QED) is 0.0453. The summed E-state index contributed by atoms with van der Waals surface area (Å²) < 4.78 is 17.0. The van der Waals surface area contributed by atoms with Gasteiger partial charge >= 0.3 is 18.2 Å². The molecule has 0 saturated heterocycles. The number of nitrogens with zero attached hydrogens (tertiary/aromatic N) is 1. The van der Waals surface area contributed by atoms with E-state index in [0.717, 1.165) is 93.3 Å². The van der Waals surface area contributed by atoms with Crippen molar-refractivity contribution in [3.05, 3.63) is 11.6 Å². The molecule has 0 heterocycles. The van der Waals surface area contributed by atoms with Gasteiger partial charge in [0.15, 0.2) is 0 Å². The van der Waals surface area contributed by atoms with Gasteiger partial charge in [0.2, 0.25) is 5.91 Å². The van der Waals surface area contributed by atoms with Gasteiger partial charge in [0, 0.05) is 38.0 Å². The molecule has 0 aromatic heterocycles. The second-order valence-electron chi connectivity index (χ2n) is 24.6. The van der Waals surface area contributed by atoms with Crippen molar-refractivity contribution in [2.45, 2.75) is 255 Å². The second kappa shape index (κ2) is 24.7. The van der Waals surface area contributed by atoms with Crippen LogP contribution >= 0.6 is 0 Å². The number of nitrogens with one attached hydrogen (secondary N) is 2. The zero-order valence-electron chi connectivity index (χ0n) is 44.7. The summed E-state index contributed by atoms with van der Waals surface area (Å²) in [5, 5.41) is 5.82. The summed E-state index contributed by atoms with van der Waals surface area (Å²) in [6.45, 7) is 31.1. The van der Waals surface area contributed by atoms with E-state index in [-0.39, 0.29) is 54.4 Å². The van der Waals surface area contributed by atoms with E-state index in [0.29, 0.717) is 30.8 Å². The Balaban J connectivity index is 1.26. The Labute approximate surface area is 403 Å². The molecule has 2 unspecified atom stereocenters. The lowest BCUT2D eigenvalue weighted by Gasteiger charge is -2.58. The van der Waals surface area contributed by atoms with E-state index in [1.807, 2.05) is 60.3 Å². The molecule has 4 rings (SSSR count). The number of allylic oxidation sites excluding steroid dienone is 1. The minimum absolute atomic E-state index is 0.0345. The molecule has 4 aliphatic rings. The fourth-order valence-electron chi connectivity index (χ4n) is 13.2. The van der Waals surface area contributed by atoms with Crippen molar-refractivity contribution in [1.82, 2.24) is 15.5 Å². The highest BCUT2D eigenvalue weighted by molar-refractivity contribution is 5.81. The number of hydrogen-bond acceptors (Lipinski definition) is 7. The first-order valence-electron chi connectivity index (χ1n) is 27.0. The van der Waals surface area contributed by atoms with Crippen LogP contribution in [0.3, 0.4) is 0 Å². The molecule has 0 aromatic rings. The summed E-state index contributed by atoms with van der Waals surface area (Å²) in [5.74, 6) is 5.24. The van der Waals surface area contributed by atoms with Crippen LogP contribution in [0.5, 0.6) is 0 Å². The molecule has 4 aliphatic carbocycles. The van der Waals surface area contributed by atoms with Crippen molar-refractivity contribution >= 4 is 24.1 Å². The monoisotopic (exact) mass is 926 g/mol. The topological polar surface area (TPSA) is 123 Å². The van der Waals surface area contributed by atoms with Gasteiger partial charge in [0.25, 0.3) is 0 Å². The van der Waals surface area contributed by atoms with Gasteiger partial charge in [0.1, 0.15) is 17.3 Å². The average molecular weight is 926 g/mol. The Bertz CT molecular complexity index is 1600. The summed E-state index contributed by atoms with van der Waals surface area (Å²) in [5.41, 5.74) is 1.05. The third-order valence-electron chi connectivity index (χ3n) is 16.9. The van der Waals surface area contributed by atoms with E-state index in [9.17, 15) is 19.2 Å². The first-order chi connectivity index (χ1) is 30.8. The van der Waals surface area contributed by atoms with Crippen molar-refractivity contribution in [1.29, 1.82) is 0 Å². The van der Waals surface area contributed by atoms with Gasteiger partial charge < -0.3 is 29.7 Å². The maximum atomic E-state index is 13.7. The molecule has 0 radical (unpaired) electrons. The molecular weight excluding hydrogens is 827 g/mol. The number of hydrogen-bond donors (Lipinski definition) is 2. The number of rotatable bonds is 23. The standard InChI is InChI=1S/C56H99N3O7/c1-15-42(38(2)3)23-22-39(4)46-26-27-47-45-25-24-43-37-44(30-33-55(43,13)48(45)31-34-56(46,47)14)64-50(61)29-28-49(60)59(36-32-41(6)58-52(63)66-54(10,11)12)35-20-18-16-17-19-21-40(5)57-51(62)65-53(7,8)9/h24,38-42,44-48H,15-23,25-37H2,1-14H3,(H,57,62)(H,58,63)/t39-,40?,41?,42-,44+,45+,46-,47+,48+,55+,56-/m1/s1. The molecule has 0 bridgehead atoms. The van der Waals surface area contributed by atoms with Crippen molar-refractivity contribution in [3.8, 4) is 0 Å². The van der Waals surface area contributed by atoms with E-state index in [2.05, 4.69) is 58.3 Å². The largest absolute Gasteiger partial charge is 0.462 e. The highest BCUT2D eigenvalue weighted by atomic mass is 16.6. The maximum absolute atomic E-state index is 13.7. The maximum Gasteiger partial charge on any atom is 0.407 e. The Morgan fingerprint density at radius 1 is 0.727 bits per heavy atom. The van der Waals surface area contributed by atoms with Crippen LogP contribution in [0.1, 0.15) is 225 Å². The summed E-state index contributed by atoms with van der Waals surface area (Å²) in [6, 6.07) is -0.153. The Morgan fingerprint density at radius 3 is 1.97 bits per heavy atom. The van der Waals surface area contributed by atoms with E-state index >= 15 is 0 Å². The van der Waals surface area contributed by atoms with Crippen LogP contribution in [0, 0.1) is 52.3 Å². The summed E-state index contributed by atoms with van der Waals surface area (Å²) in [4.78, 5) is 53.6. The van der Waals surface area contributed by atoms with Gasteiger partial charge in [-0.15, -0.1) is 0 Å². The van der Waals surface area contributed by atoms with Gasteiger partial charge in [-0.25, -0.2) is 9.59 Å². The fraction of sp³-hybridized carbons (Fsp3) is 0.893. The molecule has 10 heteroatoms. The van der Waals surface area contributed by atoms with Crippen LogP contribution in [-0.4, -0.2) is 71.4 Å². The van der Waals surface area contributed by atoms with Crippen LogP contribution in [0.2, 0.25) is 0 Å². The fourth-order valence-corrected chi connectivity index (χ4v) is 13.2. The zero-order valence-corrected chi connectivity index (χ0v) is 44.7. The number of carbonyl (C=O) groups excluding carboxylic acids is 4. The Hall–Kier alpha value is -2.78. The first kappa shape index (κ1) is 55.8. The number of ether oxygens (including phenoxy) is 3. The number of alkyl carbamates (subject to hydrolysis) is 2. The molecule has 0 spiro atoms. The van der Waals surface area contributed by atoms with Crippen molar-refractivity contribution in [2.24, 2.45) is 52.3 Å². The molecule has 10 nitrogen and oxygen atoms in total. The number of carbonyl (C=O) groups is 4. The molecule has 11 atom stereocenters. The lowest BCUT2D eigenvalue weighted by molar-refractivity contribution is -0.153. The van der Waals surface area contributed by atoms with Crippen molar-refractivity contribution in [3.63, 3.8) is 0 Å². The third-order valence-corrected chi connectivity index (χ3v) is 16.9. The molecule has 0 aromatic carbocycles. The lowest BCUT2D eigenvalue weighted by atomic mass is 9.47. The van der Waals surface area contributed by atoms with E-state index in [1.165, 1.54) is 56.9 Å². The highest BCUT2D eigenvalue weighted by Gasteiger charge is 2.59. The van der Waals surface area contributed by atoms with Gasteiger partial charge in [-0.1, -0.05) is 91.7 Å². The molecule has 380 valence electrons. The van der Waals surface area contributed by atoms with Crippen LogP contribution < -0.4 is 10.6 Å². The van der Waals surface area contributed by atoms with E-state index in [4.69, 9.17) is 14.2 Å². The molecular formula is C56H99N3O7. The first-order valence-corrected chi connectivity index (χ1v) is 27.0. The minimum atomic E-state index is -0.595. The Kier molecular flexibility index (Phi) is 20.9. The van der Waals surface area contributed by atoms with Crippen LogP contribution in [-0.2, 0) is 23.8 Å². The van der Waals surface area contributed by atoms with E-state index < -0.39 is 17.3 Å². The Morgan fingerprint density at radius 2 is 1.35 bits per heavy atom. The van der Waals surface area contributed by atoms with Gasteiger partial charge in [-0.3, -0.25) is 9.59 Å². The second-order valence-corrected chi connectivity index (χ2v) is 24.6. The molecule has 66 heavy (non-hydrogen) atoms. The molecule has 0 aliphatic heterocycles. The summed E-state index contributed by atoms with van der Waals surface area (Å²) in [7, 11) is 0. The lowest BCUT2D eigenvalue weighted by Crippen LogP contribution is -2.51. The normalized spacial score (nSPS) is 28.1. The zero-order chi connectivity index (χ0) is 49.0. The smallest absolute Gasteiger partial charge is 0.407 e. The van der Waals surface area contributed by atoms with Gasteiger partial charge in [0.05, 0.1) is 6.42 Å². The van der Waals surface area contributed by atoms with Gasteiger partial charge in [-0.05, 0) is 178 Å². The molecule has 3 amide bonds. The molecule has 3 fully saturated rings. The third kappa shape index (κ3) is 16.4. The van der Waals surface area contributed by atoms with Crippen molar-refractivity contribution < 1.29 is 33.4 Å². The summed E-state index contributed by atoms with van der Waals surface area (Å²) in [6.07, 6.45) is 21.6. The number of unbranched alkanes of at least 4 members (excludes halogenated alkanes) is 4. The van der Waals surface area contributed by atoms with Crippen LogP contribution in [0.15, 0.2) is 11.6 Å². The van der Waals surface area contributed by atoms with Crippen molar-refractivity contribution in [2.75, 3.05) is 13.1 Å². The number of esters is 1. The molecule has 3 saturated carbocycles. The number of amides is 3. The van der Waals surface area contributed by atoms with Crippen LogP contribution in [0.4, 0.5) is 9.59 Å². The predicted molar refractivity (Wildman–Crippen MR) is 268 cm³/mol. The molecule has 2 N–H and O–H groups in total. The highest BCUT2D eigenvalue weighted by Crippen LogP contribution is 2.67. The average Bonchev–Trinajstić information content (AvgIpc) is 3.56. The summed E-state index contributed by atoms with van der Waals surface area (Å²) >= 11 is 0.